The summed E-state index contributed by atoms with van der Waals surface area (Å²) in [4.78, 5) is 24.2. The average molecular weight is 357 g/mol. The smallest absolute Gasteiger partial charge is 0.217 e. The van der Waals surface area contributed by atoms with Gasteiger partial charge in [0.25, 0.3) is 0 Å². The Bertz CT molecular complexity index is 766. The van der Waals surface area contributed by atoms with Crippen molar-refractivity contribution < 1.29 is 19.2 Å². The van der Waals surface area contributed by atoms with Crippen LogP contribution < -0.4 is 9.47 Å². The Morgan fingerprint density at radius 3 is 1.88 bits per heavy atom. The highest BCUT2D eigenvalue weighted by Gasteiger charge is 2.37. The molecule has 1 unspecified atom stereocenters. The summed E-state index contributed by atoms with van der Waals surface area (Å²) in [6.45, 7) is 3.07. The predicted octanol–water partition coefficient (Wildman–Crippen LogP) is 4.12. The summed E-state index contributed by atoms with van der Waals surface area (Å²) in [7, 11) is 3.11. The van der Waals surface area contributed by atoms with Gasteiger partial charge in [0, 0.05) is 30.8 Å². The van der Waals surface area contributed by atoms with Crippen molar-refractivity contribution in [1.82, 2.24) is 0 Å². The second-order valence-corrected chi connectivity index (χ2v) is 6.69. The SMILES string of the molecule is COc1ccc(C(=O)C(CC(C)(C)[N+](=O)[O-])c2ccc(OC)cc2)cc1. The van der Waals surface area contributed by atoms with Crippen LogP contribution in [0.1, 0.15) is 42.1 Å². The van der Waals surface area contributed by atoms with E-state index in [1.807, 2.05) is 0 Å². The minimum Gasteiger partial charge on any atom is -0.497 e. The highest BCUT2D eigenvalue weighted by Crippen LogP contribution is 2.32. The molecule has 0 N–H and O–H groups in total. The maximum atomic E-state index is 13.1. The number of carbonyl (C=O) groups is 1. The van der Waals surface area contributed by atoms with E-state index >= 15 is 0 Å². The fraction of sp³-hybridized carbons (Fsp3) is 0.350. The average Bonchev–Trinajstić information content (AvgIpc) is 2.65. The quantitative estimate of drug-likeness (QED) is 0.403. The summed E-state index contributed by atoms with van der Waals surface area (Å²) in [5.74, 6) is 0.522. The maximum absolute atomic E-state index is 13.1. The van der Waals surface area contributed by atoms with Gasteiger partial charge in [-0.25, -0.2) is 0 Å². The molecule has 0 amide bonds. The molecule has 6 nitrogen and oxygen atoms in total. The standard InChI is InChI=1S/C20H23NO5/c1-20(2,21(23)24)13-18(14-5-9-16(25-3)10-6-14)19(22)15-7-11-17(26-4)12-8-15/h5-12,18H,13H2,1-4H3. The number of hydrogen-bond acceptors (Lipinski definition) is 5. The molecule has 2 rings (SSSR count). The first kappa shape index (κ1) is 19.4. The van der Waals surface area contributed by atoms with E-state index < -0.39 is 11.5 Å². The highest BCUT2D eigenvalue weighted by molar-refractivity contribution is 6.01. The van der Waals surface area contributed by atoms with Gasteiger partial charge in [-0.15, -0.1) is 0 Å². The number of carbonyl (C=O) groups excluding carboxylic acids is 1. The van der Waals surface area contributed by atoms with E-state index in [-0.39, 0.29) is 17.1 Å². The van der Waals surface area contributed by atoms with Gasteiger partial charge in [-0.05, 0) is 42.0 Å². The zero-order valence-corrected chi connectivity index (χ0v) is 15.4. The van der Waals surface area contributed by atoms with E-state index in [0.29, 0.717) is 17.1 Å². The molecule has 0 radical (unpaired) electrons. The van der Waals surface area contributed by atoms with Gasteiger partial charge >= 0.3 is 0 Å². The minimum atomic E-state index is -1.23. The Morgan fingerprint density at radius 1 is 1.00 bits per heavy atom. The third kappa shape index (κ3) is 4.39. The lowest BCUT2D eigenvalue weighted by Gasteiger charge is -2.23. The van der Waals surface area contributed by atoms with Crippen LogP contribution in [0, 0.1) is 10.1 Å². The largest absolute Gasteiger partial charge is 0.497 e. The second-order valence-electron chi connectivity index (χ2n) is 6.69. The zero-order valence-electron chi connectivity index (χ0n) is 15.4. The topological polar surface area (TPSA) is 78.7 Å². The van der Waals surface area contributed by atoms with Crippen LogP contribution in [-0.4, -0.2) is 30.5 Å². The number of nitrogens with zero attached hydrogens (tertiary/aromatic N) is 1. The summed E-state index contributed by atoms with van der Waals surface area (Å²) in [6, 6.07) is 13.8. The monoisotopic (exact) mass is 357 g/mol. The van der Waals surface area contributed by atoms with Crippen LogP contribution in [0.15, 0.2) is 48.5 Å². The zero-order chi connectivity index (χ0) is 19.3. The van der Waals surface area contributed by atoms with Crippen molar-refractivity contribution in [1.29, 1.82) is 0 Å². The number of ether oxygens (including phenoxy) is 2. The Morgan fingerprint density at radius 2 is 1.46 bits per heavy atom. The summed E-state index contributed by atoms with van der Waals surface area (Å²) in [5.41, 5.74) is -0.0143. The molecular weight excluding hydrogens is 334 g/mol. The Labute approximate surface area is 152 Å². The van der Waals surface area contributed by atoms with E-state index in [1.54, 1.807) is 62.8 Å². The highest BCUT2D eigenvalue weighted by atomic mass is 16.6. The molecule has 2 aromatic carbocycles. The first-order chi connectivity index (χ1) is 12.3. The minimum absolute atomic E-state index is 0.0944. The number of rotatable bonds is 8. The van der Waals surface area contributed by atoms with Crippen LogP contribution in [0.2, 0.25) is 0 Å². The van der Waals surface area contributed by atoms with Crippen LogP contribution in [0.5, 0.6) is 11.5 Å². The summed E-state index contributed by atoms with van der Waals surface area (Å²) >= 11 is 0. The van der Waals surface area contributed by atoms with E-state index in [0.717, 1.165) is 5.56 Å². The van der Waals surface area contributed by atoms with Crippen LogP contribution in [0.3, 0.4) is 0 Å². The molecule has 26 heavy (non-hydrogen) atoms. The van der Waals surface area contributed by atoms with Gasteiger partial charge in [0.15, 0.2) is 5.78 Å². The molecule has 6 heteroatoms. The summed E-state index contributed by atoms with van der Waals surface area (Å²) in [6.07, 6.45) is 0.0944. The molecule has 0 aromatic heterocycles. The molecule has 2 aromatic rings. The van der Waals surface area contributed by atoms with E-state index in [2.05, 4.69) is 0 Å². The first-order valence-corrected chi connectivity index (χ1v) is 8.25. The van der Waals surface area contributed by atoms with E-state index in [4.69, 9.17) is 9.47 Å². The number of ketones is 1. The molecule has 0 fully saturated rings. The van der Waals surface area contributed by atoms with Crippen molar-refractivity contribution in [2.24, 2.45) is 0 Å². The predicted molar refractivity (Wildman–Crippen MR) is 98.7 cm³/mol. The van der Waals surface area contributed by atoms with E-state index in [9.17, 15) is 14.9 Å². The van der Waals surface area contributed by atoms with Crippen molar-refractivity contribution in [3.8, 4) is 11.5 Å². The van der Waals surface area contributed by atoms with Gasteiger partial charge in [-0.2, -0.15) is 0 Å². The normalized spacial score (nSPS) is 12.3. The van der Waals surface area contributed by atoms with Crippen molar-refractivity contribution in [2.45, 2.75) is 31.7 Å². The fourth-order valence-electron chi connectivity index (χ4n) is 2.73. The lowest BCUT2D eigenvalue weighted by Crippen LogP contribution is -2.34. The second kappa shape index (κ2) is 7.99. The van der Waals surface area contributed by atoms with Gasteiger partial charge in [0.2, 0.25) is 5.54 Å². The molecule has 0 aliphatic rings. The Kier molecular flexibility index (Phi) is 5.97. The number of hydrogen-bond donors (Lipinski definition) is 0. The van der Waals surface area contributed by atoms with Crippen molar-refractivity contribution >= 4 is 5.78 Å². The summed E-state index contributed by atoms with van der Waals surface area (Å²) < 4.78 is 10.3. The van der Waals surface area contributed by atoms with Crippen molar-refractivity contribution in [3.63, 3.8) is 0 Å². The van der Waals surface area contributed by atoms with Crippen LogP contribution in [0.4, 0.5) is 0 Å². The molecule has 0 spiro atoms. The Balaban J connectivity index is 2.40. The third-order valence-electron chi connectivity index (χ3n) is 4.41. The van der Waals surface area contributed by atoms with Gasteiger partial charge in [-0.3, -0.25) is 14.9 Å². The number of nitro groups is 1. The van der Waals surface area contributed by atoms with Crippen LogP contribution >= 0.6 is 0 Å². The fourth-order valence-corrected chi connectivity index (χ4v) is 2.73. The molecule has 0 heterocycles. The van der Waals surface area contributed by atoms with Crippen LogP contribution in [-0.2, 0) is 0 Å². The van der Waals surface area contributed by atoms with Gasteiger partial charge in [0.05, 0.1) is 20.1 Å². The van der Waals surface area contributed by atoms with Crippen molar-refractivity contribution in [2.75, 3.05) is 14.2 Å². The van der Waals surface area contributed by atoms with Gasteiger partial charge < -0.3 is 9.47 Å². The lowest BCUT2D eigenvalue weighted by atomic mass is 9.81. The molecule has 1 atom stereocenters. The maximum Gasteiger partial charge on any atom is 0.217 e. The molecule has 0 bridgehead atoms. The van der Waals surface area contributed by atoms with Gasteiger partial charge in [-0.1, -0.05) is 12.1 Å². The van der Waals surface area contributed by atoms with E-state index in [1.165, 1.54) is 13.8 Å². The third-order valence-corrected chi connectivity index (χ3v) is 4.41. The molecule has 0 saturated carbocycles. The number of Topliss-reactive ketones (excluding diaryl/α,β-unsaturated/α-hetero) is 1. The van der Waals surface area contributed by atoms with Crippen LogP contribution in [0.25, 0.3) is 0 Å². The molecule has 138 valence electrons. The molecule has 0 aliphatic heterocycles. The number of methoxy groups -OCH3 is 2. The molecular formula is C20H23NO5. The summed E-state index contributed by atoms with van der Waals surface area (Å²) in [5, 5.41) is 11.4. The first-order valence-electron chi connectivity index (χ1n) is 8.25. The molecule has 0 aliphatic carbocycles. The Hall–Kier alpha value is -2.89. The van der Waals surface area contributed by atoms with Crippen molar-refractivity contribution in [3.05, 3.63) is 69.8 Å². The van der Waals surface area contributed by atoms with Gasteiger partial charge in [0.1, 0.15) is 11.5 Å². The molecule has 0 saturated heterocycles. The number of benzene rings is 2. The lowest BCUT2D eigenvalue weighted by molar-refractivity contribution is -0.561.